The van der Waals surface area contributed by atoms with Gasteiger partial charge in [-0.2, -0.15) is 4.80 Å². The number of furan rings is 1. The molecule has 0 bridgehead atoms. The summed E-state index contributed by atoms with van der Waals surface area (Å²) in [7, 11) is 0. The minimum atomic E-state index is -0.353. The van der Waals surface area contributed by atoms with E-state index in [9.17, 15) is 4.79 Å². The topological polar surface area (TPSA) is 85.0 Å². The van der Waals surface area contributed by atoms with E-state index in [1.807, 2.05) is 31.2 Å². The molecule has 2 aromatic heterocycles. The Balaban J connectivity index is 1.47. The summed E-state index contributed by atoms with van der Waals surface area (Å²) in [6, 6.07) is 15.5. The maximum absolute atomic E-state index is 12.0. The largest absolute Gasteiger partial charge is 0.465 e. The number of carbonyl (C=O) groups is 1. The highest BCUT2D eigenvalue weighted by molar-refractivity contribution is 7.80. The zero-order valence-corrected chi connectivity index (χ0v) is 17.9. The van der Waals surface area contributed by atoms with E-state index in [-0.39, 0.29) is 11.0 Å². The number of carbonyl (C=O) groups excluding carboxylic acids is 1. The first-order chi connectivity index (χ1) is 15.0. The third-order valence-corrected chi connectivity index (χ3v) is 4.93. The lowest BCUT2D eigenvalue weighted by atomic mass is 10.2. The molecular formula is C23H21N5O2S. The summed E-state index contributed by atoms with van der Waals surface area (Å²) in [5.74, 6) is 0.233. The van der Waals surface area contributed by atoms with E-state index in [0.29, 0.717) is 5.76 Å². The molecule has 0 fully saturated rings. The van der Waals surface area contributed by atoms with Gasteiger partial charge in [0, 0.05) is 11.8 Å². The van der Waals surface area contributed by atoms with Crippen LogP contribution in [0.25, 0.3) is 22.8 Å². The minimum absolute atomic E-state index is 0.194. The fourth-order valence-corrected chi connectivity index (χ4v) is 3.24. The van der Waals surface area contributed by atoms with Crippen molar-refractivity contribution in [2.24, 2.45) is 0 Å². The van der Waals surface area contributed by atoms with E-state index in [2.05, 4.69) is 39.9 Å². The van der Waals surface area contributed by atoms with Crippen LogP contribution in [0.2, 0.25) is 0 Å². The second-order valence-corrected chi connectivity index (χ2v) is 7.37. The van der Waals surface area contributed by atoms with Crippen LogP contribution in [-0.2, 0) is 11.2 Å². The van der Waals surface area contributed by atoms with Gasteiger partial charge in [0.1, 0.15) is 16.8 Å². The number of nitrogens with zero attached hydrogens (tertiary/aromatic N) is 3. The van der Waals surface area contributed by atoms with Gasteiger partial charge in [-0.05, 0) is 79.2 Å². The lowest BCUT2D eigenvalue weighted by Gasteiger charge is -2.10. The number of aryl methyl sites for hydroxylation is 2. The fraction of sp³-hybridized carbons (Fsp3) is 0.130. The van der Waals surface area contributed by atoms with E-state index in [0.717, 1.165) is 34.4 Å². The predicted molar refractivity (Wildman–Crippen MR) is 125 cm³/mol. The zero-order valence-electron chi connectivity index (χ0n) is 17.1. The van der Waals surface area contributed by atoms with Crippen LogP contribution in [0, 0.1) is 6.92 Å². The summed E-state index contributed by atoms with van der Waals surface area (Å²) in [5, 5.41) is 15.0. The van der Waals surface area contributed by atoms with Gasteiger partial charge in [0.15, 0.2) is 5.11 Å². The van der Waals surface area contributed by atoms with E-state index in [4.69, 9.17) is 16.6 Å². The predicted octanol–water partition coefficient (Wildman–Crippen LogP) is 4.41. The Morgan fingerprint density at radius 1 is 1.16 bits per heavy atom. The lowest BCUT2D eigenvalue weighted by molar-refractivity contribution is -0.115. The highest BCUT2D eigenvalue weighted by Crippen LogP contribution is 2.22. The molecule has 0 atom stereocenters. The molecule has 156 valence electrons. The minimum Gasteiger partial charge on any atom is -0.465 e. The van der Waals surface area contributed by atoms with Gasteiger partial charge in [-0.25, -0.2) is 0 Å². The summed E-state index contributed by atoms with van der Waals surface area (Å²) in [4.78, 5) is 13.7. The third-order valence-electron chi connectivity index (χ3n) is 4.73. The molecule has 1 amide bonds. The molecule has 0 aliphatic carbocycles. The highest BCUT2D eigenvalue weighted by atomic mass is 32.1. The van der Waals surface area contributed by atoms with E-state index >= 15 is 0 Å². The average molecular weight is 432 g/mol. The summed E-state index contributed by atoms with van der Waals surface area (Å²) < 4.78 is 5.16. The van der Waals surface area contributed by atoms with Crippen LogP contribution >= 0.6 is 12.2 Å². The number of amides is 1. The molecular weight excluding hydrogens is 410 g/mol. The summed E-state index contributed by atoms with van der Waals surface area (Å²) in [6.07, 6.45) is 5.45. The van der Waals surface area contributed by atoms with Crippen molar-refractivity contribution in [2.75, 3.05) is 5.32 Å². The number of aromatic nitrogens is 3. The number of hydrogen-bond acceptors (Lipinski definition) is 5. The number of hydrogen-bond donors (Lipinski definition) is 2. The molecule has 4 aromatic rings. The molecule has 0 saturated carbocycles. The zero-order chi connectivity index (χ0) is 21.8. The maximum Gasteiger partial charge on any atom is 0.250 e. The first-order valence-corrected chi connectivity index (χ1v) is 10.2. The molecule has 0 spiro atoms. The molecule has 0 unspecified atom stereocenters. The molecule has 31 heavy (non-hydrogen) atoms. The van der Waals surface area contributed by atoms with Gasteiger partial charge >= 0.3 is 0 Å². The Kier molecular flexibility index (Phi) is 5.90. The van der Waals surface area contributed by atoms with Crippen molar-refractivity contribution in [1.29, 1.82) is 0 Å². The molecule has 4 rings (SSSR count). The molecule has 2 aromatic carbocycles. The van der Waals surface area contributed by atoms with Crippen LogP contribution in [0.5, 0.6) is 0 Å². The van der Waals surface area contributed by atoms with E-state index < -0.39 is 0 Å². The summed E-state index contributed by atoms with van der Waals surface area (Å²) >= 11 is 5.27. The van der Waals surface area contributed by atoms with E-state index in [1.54, 1.807) is 29.3 Å². The van der Waals surface area contributed by atoms with Crippen molar-refractivity contribution in [1.82, 2.24) is 20.3 Å². The van der Waals surface area contributed by atoms with Crippen molar-refractivity contribution in [3.8, 4) is 5.69 Å². The molecule has 2 N–H and O–H groups in total. The van der Waals surface area contributed by atoms with Crippen molar-refractivity contribution in [2.45, 2.75) is 20.3 Å². The smallest absolute Gasteiger partial charge is 0.250 e. The Morgan fingerprint density at radius 2 is 1.90 bits per heavy atom. The molecule has 0 aliphatic rings. The number of rotatable bonds is 5. The Hall–Kier alpha value is -3.78. The second kappa shape index (κ2) is 8.93. The average Bonchev–Trinajstić information content (AvgIpc) is 3.42. The molecule has 2 heterocycles. The molecule has 0 radical (unpaired) electrons. The van der Waals surface area contributed by atoms with Crippen LogP contribution in [0.1, 0.15) is 23.8 Å². The van der Waals surface area contributed by atoms with Gasteiger partial charge in [-0.15, -0.1) is 10.2 Å². The first-order valence-electron chi connectivity index (χ1n) is 9.82. The van der Waals surface area contributed by atoms with Gasteiger partial charge in [-0.1, -0.05) is 19.1 Å². The Labute approximate surface area is 184 Å². The van der Waals surface area contributed by atoms with Crippen LogP contribution in [0.15, 0.2) is 65.3 Å². The number of benzene rings is 2. The fourth-order valence-electron chi connectivity index (χ4n) is 3.03. The Morgan fingerprint density at radius 3 is 2.58 bits per heavy atom. The van der Waals surface area contributed by atoms with Gasteiger partial charge < -0.3 is 9.73 Å². The molecule has 0 aliphatic heterocycles. The van der Waals surface area contributed by atoms with Crippen molar-refractivity contribution >= 4 is 46.0 Å². The normalized spacial score (nSPS) is 11.2. The van der Waals surface area contributed by atoms with Crippen LogP contribution in [0.3, 0.4) is 0 Å². The first kappa shape index (κ1) is 20.5. The number of anilines is 1. The molecule has 7 nitrogen and oxygen atoms in total. The number of fused-ring (bicyclic) bond motifs is 1. The van der Waals surface area contributed by atoms with Crippen LogP contribution in [-0.4, -0.2) is 26.0 Å². The van der Waals surface area contributed by atoms with Crippen molar-refractivity contribution in [3.63, 3.8) is 0 Å². The number of thiocarbonyl (C=S) groups is 1. The number of nitrogens with one attached hydrogen (secondary N) is 2. The standard InChI is InChI=1S/C23H21N5O2S/c1-3-16-6-8-17(9-7-16)28-26-20-13-15(2)19(14-21(20)27-28)24-23(31)25-22(29)11-10-18-5-4-12-30-18/h4-14H,3H2,1-2H3,(H2,24,25,29,31)/b11-10+. The second-order valence-electron chi connectivity index (χ2n) is 6.96. The maximum atomic E-state index is 12.0. The monoisotopic (exact) mass is 431 g/mol. The molecule has 0 saturated heterocycles. The SMILES string of the molecule is CCc1ccc(-n2nc3cc(C)c(NC(=S)NC(=O)/C=C/c4ccco4)cc3n2)cc1. The van der Waals surface area contributed by atoms with Gasteiger partial charge in [0.25, 0.3) is 0 Å². The van der Waals surface area contributed by atoms with Gasteiger partial charge in [0.2, 0.25) is 5.91 Å². The van der Waals surface area contributed by atoms with E-state index in [1.165, 1.54) is 11.6 Å². The van der Waals surface area contributed by atoms with Crippen LogP contribution < -0.4 is 10.6 Å². The van der Waals surface area contributed by atoms with Crippen molar-refractivity contribution in [3.05, 3.63) is 77.8 Å². The lowest BCUT2D eigenvalue weighted by Crippen LogP contribution is -2.33. The molecule has 8 heteroatoms. The summed E-state index contributed by atoms with van der Waals surface area (Å²) in [6.45, 7) is 4.06. The summed E-state index contributed by atoms with van der Waals surface area (Å²) in [5.41, 5.74) is 5.34. The van der Waals surface area contributed by atoms with Gasteiger partial charge in [-0.3, -0.25) is 10.1 Å². The Bertz CT molecular complexity index is 1260. The quantitative estimate of drug-likeness (QED) is 0.360. The van der Waals surface area contributed by atoms with Gasteiger partial charge in [0.05, 0.1) is 12.0 Å². The van der Waals surface area contributed by atoms with Crippen LogP contribution in [0.4, 0.5) is 5.69 Å². The third kappa shape index (κ3) is 4.87. The van der Waals surface area contributed by atoms with Crippen molar-refractivity contribution < 1.29 is 9.21 Å². The highest BCUT2D eigenvalue weighted by Gasteiger charge is 2.10.